The summed E-state index contributed by atoms with van der Waals surface area (Å²) in [6, 6.07) is 2.10. The third-order valence-corrected chi connectivity index (χ3v) is 4.54. The van der Waals surface area contributed by atoms with Crippen molar-refractivity contribution in [2.24, 2.45) is 5.92 Å². The van der Waals surface area contributed by atoms with Crippen LogP contribution in [0.3, 0.4) is 0 Å². The lowest BCUT2D eigenvalue weighted by Crippen LogP contribution is -2.34. The molecule has 0 bridgehead atoms. The van der Waals surface area contributed by atoms with Crippen molar-refractivity contribution in [2.75, 3.05) is 18.9 Å². The van der Waals surface area contributed by atoms with Crippen LogP contribution >= 0.6 is 0 Å². The van der Waals surface area contributed by atoms with Gasteiger partial charge in [-0.05, 0) is 39.2 Å². The van der Waals surface area contributed by atoms with Crippen LogP contribution in [0.4, 0.5) is 5.82 Å². The lowest BCUT2D eigenvalue weighted by molar-refractivity contribution is 0.0789. The van der Waals surface area contributed by atoms with E-state index in [1.807, 2.05) is 40.1 Å². The number of aryl methyl sites for hydroxylation is 3. The maximum atomic E-state index is 12.7. The molecule has 0 aliphatic heterocycles. The Morgan fingerprint density at radius 3 is 2.65 bits per heavy atom. The van der Waals surface area contributed by atoms with Crippen molar-refractivity contribution in [3.05, 3.63) is 35.5 Å². The molecule has 1 atom stereocenters. The number of anilines is 1. The molecule has 2 rings (SSSR count). The van der Waals surface area contributed by atoms with E-state index in [0.717, 1.165) is 30.3 Å². The molecule has 2 heterocycles. The van der Waals surface area contributed by atoms with Crippen LogP contribution in [0.25, 0.3) is 0 Å². The Morgan fingerprint density at radius 2 is 2.08 bits per heavy atom. The molecule has 0 radical (unpaired) electrons. The minimum absolute atomic E-state index is 0.0163. The van der Waals surface area contributed by atoms with E-state index in [2.05, 4.69) is 34.2 Å². The Bertz CT molecular complexity index is 739. The average Bonchev–Trinajstić information content (AvgIpc) is 2.98. The second kappa shape index (κ2) is 8.78. The van der Waals surface area contributed by atoms with Gasteiger partial charge in [0.05, 0.1) is 11.3 Å². The summed E-state index contributed by atoms with van der Waals surface area (Å²) in [5.74, 6) is 2.00. The Morgan fingerprint density at radius 1 is 1.35 bits per heavy atom. The van der Waals surface area contributed by atoms with E-state index >= 15 is 0 Å². The standard InChI is InChI=1S/C19H30N6O/c1-7-25-12-16(14(4)23-25)19(26)24(6)11-9-17(13(2)3)22-18-8-10-20-15(5)21-18/h8,10,12-13,17H,7,9,11H2,1-6H3,(H,20,21,22). The maximum Gasteiger partial charge on any atom is 0.257 e. The Kier molecular flexibility index (Phi) is 6.71. The molecule has 1 amide bonds. The molecular weight excluding hydrogens is 328 g/mol. The predicted molar refractivity (Wildman–Crippen MR) is 103 cm³/mol. The normalized spacial score (nSPS) is 12.3. The minimum Gasteiger partial charge on any atom is -0.367 e. The summed E-state index contributed by atoms with van der Waals surface area (Å²) in [7, 11) is 1.84. The number of amides is 1. The van der Waals surface area contributed by atoms with Gasteiger partial charge in [0, 0.05) is 38.6 Å². The highest BCUT2D eigenvalue weighted by atomic mass is 16.2. The van der Waals surface area contributed by atoms with Crippen molar-refractivity contribution < 1.29 is 4.79 Å². The van der Waals surface area contributed by atoms with Crippen LogP contribution in [0.5, 0.6) is 0 Å². The molecule has 1 N–H and O–H groups in total. The summed E-state index contributed by atoms with van der Waals surface area (Å²) in [5, 5.41) is 7.84. The van der Waals surface area contributed by atoms with Crippen molar-refractivity contribution in [3.8, 4) is 0 Å². The summed E-state index contributed by atoms with van der Waals surface area (Å²) in [4.78, 5) is 23.0. The van der Waals surface area contributed by atoms with Gasteiger partial charge < -0.3 is 10.2 Å². The summed E-state index contributed by atoms with van der Waals surface area (Å²) in [6.45, 7) is 11.5. The topological polar surface area (TPSA) is 75.9 Å². The van der Waals surface area contributed by atoms with E-state index in [-0.39, 0.29) is 11.9 Å². The quantitative estimate of drug-likeness (QED) is 0.785. The lowest BCUT2D eigenvalue weighted by atomic mass is 10.0. The monoisotopic (exact) mass is 358 g/mol. The second-order valence-electron chi connectivity index (χ2n) is 6.98. The fraction of sp³-hybridized carbons (Fsp3) is 0.579. The zero-order chi connectivity index (χ0) is 19.3. The van der Waals surface area contributed by atoms with E-state index in [9.17, 15) is 4.79 Å². The van der Waals surface area contributed by atoms with Gasteiger partial charge in [0.2, 0.25) is 0 Å². The van der Waals surface area contributed by atoms with Crippen molar-refractivity contribution in [1.29, 1.82) is 0 Å². The maximum absolute atomic E-state index is 12.7. The number of hydrogen-bond donors (Lipinski definition) is 1. The van der Waals surface area contributed by atoms with Gasteiger partial charge in [-0.3, -0.25) is 9.48 Å². The molecular formula is C19H30N6O. The van der Waals surface area contributed by atoms with Crippen LogP contribution in [0.2, 0.25) is 0 Å². The molecule has 7 nitrogen and oxygen atoms in total. The summed E-state index contributed by atoms with van der Waals surface area (Å²) >= 11 is 0. The van der Waals surface area contributed by atoms with E-state index in [4.69, 9.17) is 0 Å². The van der Waals surface area contributed by atoms with Gasteiger partial charge in [-0.1, -0.05) is 13.8 Å². The van der Waals surface area contributed by atoms with Gasteiger partial charge in [-0.25, -0.2) is 9.97 Å². The number of aromatic nitrogens is 4. The first kappa shape index (κ1) is 19.9. The van der Waals surface area contributed by atoms with Gasteiger partial charge in [0.1, 0.15) is 11.6 Å². The van der Waals surface area contributed by atoms with Crippen molar-refractivity contribution in [1.82, 2.24) is 24.6 Å². The SMILES string of the molecule is CCn1cc(C(=O)N(C)CCC(Nc2ccnc(C)n2)C(C)C)c(C)n1. The fourth-order valence-electron chi connectivity index (χ4n) is 2.83. The smallest absolute Gasteiger partial charge is 0.257 e. The number of nitrogens with zero attached hydrogens (tertiary/aromatic N) is 5. The molecule has 7 heteroatoms. The molecule has 0 aromatic carbocycles. The number of carbonyl (C=O) groups excluding carboxylic acids is 1. The molecule has 0 saturated heterocycles. The highest BCUT2D eigenvalue weighted by molar-refractivity contribution is 5.94. The van der Waals surface area contributed by atoms with E-state index < -0.39 is 0 Å². The zero-order valence-electron chi connectivity index (χ0n) is 16.7. The highest BCUT2D eigenvalue weighted by Crippen LogP contribution is 2.15. The Labute approximate surface area is 155 Å². The summed E-state index contributed by atoms with van der Waals surface area (Å²) < 4.78 is 1.80. The second-order valence-corrected chi connectivity index (χ2v) is 6.98. The van der Waals surface area contributed by atoms with Crippen molar-refractivity contribution in [2.45, 2.75) is 53.6 Å². The first-order valence-corrected chi connectivity index (χ1v) is 9.17. The Hall–Kier alpha value is -2.44. The molecule has 0 aliphatic carbocycles. The van der Waals surface area contributed by atoms with Gasteiger partial charge in [0.25, 0.3) is 5.91 Å². The van der Waals surface area contributed by atoms with E-state index in [1.165, 1.54) is 0 Å². The summed E-state index contributed by atoms with van der Waals surface area (Å²) in [5.41, 5.74) is 1.45. The molecule has 0 aliphatic rings. The van der Waals surface area contributed by atoms with E-state index in [0.29, 0.717) is 18.0 Å². The fourth-order valence-corrected chi connectivity index (χ4v) is 2.83. The first-order valence-electron chi connectivity index (χ1n) is 9.17. The molecule has 0 saturated carbocycles. The average molecular weight is 358 g/mol. The number of carbonyl (C=O) groups is 1. The molecule has 0 fully saturated rings. The number of hydrogen-bond acceptors (Lipinski definition) is 5. The van der Waals surface area contributed by atoms with Crippen molar-refractivity contribution >= 4 is 11.7 Å². The zero-order valence-corrected chi connectivity index (χ0v) is 16.7. The molecule has 142 valence electrons. The Balaban J connectivity index is 1.99. The largest absolute Gasteiger partial charge is 0.367 e. The highest BCUT2D eigenvalue weighted by Gasteiger charge is 2.20. The van der Waals surface area contributed by atoms with Crippen LogP contribution in [0.15, 0.2) is 18.5 Å². The third-order valence-electron chi connectivity index (χ3n) is 4.54. The van der Waals surface area contributed by atoms with E-state index in [1.54, 1.807) is 15.8 Å². The van der Waals surface area contributed by atoms with Crippen LogP contribution in [0, 0.1) is 19.8 Å². The third kappa shape index (κ3) is 5.03. The van der Waals surface area contributed by atoms with Crippen LogP contribution in [0.1, 0.15) is 49.1 Å². The van der Waals surface area contributed by atoms with Crippen LogP contribution in [-0.2, 0) is 6.54 Å². The predicted octanol–water partition coefficient (Wildman–Crippen LogP) is 2.91. The number of rotatable bonds is 8. The van der Waals surface area contributed by atoms with Crippen LogP contribution < -0.4 is 5.32 Å². The van der Waals surface area contributed by atoms with Gasteiger partial charge in [-0.15, -0.1) is 0 Å². The molecule has 26 heavy (non-hydrogen) atoms. The molecule has 0 spiro atoms. The van der Waals surface area contributed by atoms with Gasteiger partial charge >= 0.3 is 0 Å². The first-order chi connectivity index (χ1) is 12.3. The molecule has 2 aromatic heterocycles. The summed E-state index contributed by atoms with van der Waals surface area (Å²) in [6.07, 6.45) is 4.42. The molecule has 1 unspecified atom stereocenters. The number of nitrogens with one attached hydrogen (secondary N) is 1. The van der Waals surface area contributed by atoms with Gasteiger partial charge in [-0.2, -0.15) is 5.10 Å². The van der Waals surface area contributed by atoms with Crippen molar-refractivity contribution in [3.63, 3.8) is 0 Å². The minimum atomic E-state index is 0.0163. The van der Waals surface area contributed by atoms with Crippen LogP contribution in [-0.4, -0.2) is 50.2 Å². The lowest BCUT2D eigenvalue weighted by Gasteiger charge is -2.26. The molecule has 2 aromatic rings. The van der Waals surface area contributed by atoms with Gasteiger partial charge in [0.15, 0.2) is 0 Å².